The number of amides is 2. The fraction of sp³-hybridized carbons (Fsp3) is 0.125. The van der Waals surface area contributed by atoms with E-state index in [9.17, 15) is 4.79 Å². The van der Waals surface area contributed by atoms with Crippen LogP contribution in [0.1, 0.15) is 0 Å². The minimum atomic E-state index is -0.624. The summed E-state index contributed by atoms with van der Waals surface area (Å²) in [6, 6.07) is 4.23. The van der Waals surface area contributed by atoms with Crippen molar-refractivity contribution in [3.63, 3.8) is 0 Å². The van der Waals surface area contributed by atoms with Gasteiger partial charge in [0.2, 0.25) is 0 Å². The zero-order valence-electron chi connectivity index (χ0n) is 7.00. The molecule has 70 valence electrons. The van der Waals surface area contributed by atoms with E-state index in [0.29, 0.717) is 16.5 Å². The zero-order chi connectivity index (χ0) is 9.84. The van der Waals surface area contributed by atoms with E-state index in [1.54, 1.807) is 18.2 Å². The van der Waals surface area contributed by atoms with Gasteiger partial charge in [-0.25, -0.2) is 4.79 Å². The van der Waals surface area contributed by atoms with E-state index in [0.717, 1.165) is 0 Å². The largest absolute Gasteiger partial charge is 0.495 e. The summed E-state index contributed by atoms with van der Waals surface area (Å²) in [6.07, 6.45) is 0. The minimum Gasteiger partial charge on any atom is -0.495 e. The number of carbonyl (C=O) groups is 1. The van der Waals surface area contributed by atoms with Crippen LogP contribution in [0.5, 0.6) is 5.75 Å². The minimum absolute atomic E-state index is 0.425. The molecule has 3 N–H and O–H groups in total. The predicted octanol–water partition coefficient (Wildman–Crippen LogP) is 1.84. The third-order valence-electron chi connectivity index (χ3n) is 1.42. The summed E-state index contributed by atoms with van der Waals surface area (Å²) in [7, 11) is 1.52. The van der Waals surface area contributed by atoms with Crippen LogP contribution in [0.3, 0.4) is 0 Å². The van der Waals surface area contributed by atoms with Gasteiger partial charge in [0.15, 0.2) is 0 Å². The lowest BCUT2D eigenvalue weighted by molar-refractivity contribution is 0.259. The molecule has 0 heterocycles. The second kappa shape index (κ2) is 4.00. The van der Waals surface area contributed by atoms with E-state index in [4.69, 9.17) is 22.1 Å². The number of nitrogens with one attached hydrogen (secondary N) is 1. The molecular weight excluding hydrogens is 192 g/mol. The Bertz CT molecular complexity index is 328. The molecule has 0 spiro atoms. The highest BCUT2D eigenvalue weighted by Crippen LogP contribution is 2.26. The molecular formula is C8H9ClN2O2. The second-order valence-electron chi connectivity index (χ2n) is 2.34. The first-order chi connectivity index (χ1) is 6.13. The van der Waals surface area contributed by atoms with Crippen LogP contribution in [0.2, 0.25) is 5.02 Å². The maximum absolute atomic E-state index is 10.5. The van der Waals surface area contributed by atoms with E-state index in [1.165, 1.54) is 7.11 Å². The van der Waals surface area contributed by atoms with E-state index >= 15 is 0 Å². The Morgan fingerprint density at radius 2 is 2.31 bits per heavy atom. The molecule has 4 nitrogen and oxygen atoms in total. The second-order valence-corrected chi connectivity index (χ2v) is 2.75. The number of benzene rings is 1. The van der Waals surface area contributed by atoms with Crippen molar-refractivity contribution in [2.45, 2.75) is 0 Å². The van der Waals surface area contributed by atoms with E-state index in [2.05, 4.69) is 5.32 Å². The Morgan fingerprint density at radius 1 is 1.62 bits per heavy atom. The van der Waals surface area contributed by atoms with Crippen molar-refractivity contribution in [2.24, 2.45) is 5.73 Å². The van der Waals surface area contributed by atoms with Gasteiger partial charge in [-0.05, 0) is 18.2 Å². The van der Waals surface area contributed by atoms with Crippen molar-refractivity contribution in [1.29, 1.82) is 0 Å². The maximum Gasteiger partial charge on any atom is 0.316 e. The lowest BCUT2D eigenvalue weighted by atomic mass is 10.3. The molecule has 0 saturated heterocycles. The van der Waals surface area contributed by atoms with E-state index in [-0.39, 0.29) is 0 Å². The van der Waals surface area contributed by atoms with Gasteiger partial charge in [0.05, 0.1) is 12.1 Å². The maximum atomic E-state index is 10.5. The third-order valence-corrected chi connectivity index (χ3v) is 1.71. The highest BCUT2D eigenvalue weighted by molar-refractivity contribution is 6.32. The molecule has 1 aromatic carbocycles. The number of hydrogen-bond acceptors (Lipinski definition) is 2. The number of rotatable bonds is 2. The van der Waals surface area contributed by atoms with Gasteiger partial charge in [-0.15, -0.1) is 0 Å². The van der Waals surface area contributed by atoms with Gasteiger partial charge in [0.1, 0.15) is 5.75 Å². The summed E-state index contributed by atoms with van der Waals surface area (Å²) >= 11 is 5.80. The predicted molar refractivity (Wildman–Crippen MR) is 51.2 cm³/mol. The summed E-state index contributed by atoms with van der Waals surface area (Å²) in [6.45, 7) is 0. The molecule has 0 radical (unpaired) electrons. The van der Waals surface area contributed by atoms with Gasteiger partial charge in [-0.1, -0.05) is 11.6 Å². The Hall–Kier alpha value is -1.42. The zero-order valence-corrected chi connectivity index (χ0v) is 7.76. The van der Waals surface area contributed by atoms with Crippen molar-refractivity contribution >= 4 is 23.3 Å². The molecule has 0 aliphatic rings. The van der Waals surface area contributed by atoms with E-state index < -0.39 is 6.03 Å². The fourth-order valence-electron chi connectivity index (χ4n) is 0.886. The number of methoxy groups -OCH3 is 1. The quantitative estimate of drug-likeness (QED) is 0.765. The van der Waals surface area contributed by atoms with Gasteiger partial charge in [0, 0.05) is 5.69 Å². The van der Waals surface area contributed by atoms with Crippen LogP contribution in [0.15, 0.2) is 18.2 Å². The van der Waals surface area contributed by atoms with Crippen LogP contribution < -0.4 is 15.8 Å². The molecule has 2 amide bonds. The van der Waals surface area contributed by atoms with Gasteiger partial charge in [-0.2, -0.15) is 0 Å². The van der Waals surface area contributed by atoms with Crippen LogP contribution in [0.25, 0.3) is 0 Å². The van der Waals surface area contributed by atoms with Gasteiger partial charge < -0.3 is 15.8 Å². The molecule has 0 atom stereocenters. The normalized spacial score (nSPS) is 9.38. The van der Waals surface area contributed by atoms with Crippen molar-refractivity contribution < 1.29 is 9.53 Å². The Morgan fingerprint density at radius 3 is 2.77 bits per heavy atom. The SMILES string of the molecule is COc1ccc(NC(N)=O)cc1Cl. The number of anilines is 1. The number of hydrogen-bond donors (Lipinski definition) is 2. The Balaban J connectivity index is 2.89. The van der Waals surface area contributed by atoms with Gasteiger partial charge in [0.25, 0.3) is 0 Å². The number of nitrogens with two attached hydrogens (primary N) is 1. The highest BCUT2D eigenvalue weighted by atomic mass is 35.5. The Kier molecular flexibility index (Phi) is 2.97. The molecule has 0 aliphatic heterocycles. The average molecular weight is 201 g/mol. The molecule has 13 heavy (non-hydrogen) atoms. The van der Waals surface area contributed by atoms with E-state index in [1.807, 2.05) is 0 Å². The summed E-state index contributed by atoms with van der Waals surface area (Å²) in [5.41, 5.74) is 5.46. The molecule has 0 bridgehead atoms. The molecule has 0 aromatic heterocycles. The summed E-state index contributed by atoms with van der Waals surface area (Å²) in [4.78, 5) is 10.5. The smallest absolute Gasteiger partial charge is 0.316 e. The first-order valence-corrected chi connectivity index (χ1v) is 3.91. The van der Waals surface area contributed by atoms with Crippen molar-refractivity contribution in [3.8, 4) is 5.75 Å². The molecule has 1 rings (SSSR count). The first-order valence-electron chi connectivity index (χ1n) is 3.53. The van der Waals surface area contributed by atoms with Gasteiger partial charge in [-0.3, -0.25) is 0 Å². The average Bonchev–Trinajstić information content (AvgIpc) is 2.03. The lowest BCUT2D eigenvalue weighted by Crippen LogP contribution is -2.19. The monoisotopic (exact) mass is 200 g/mol. The molecule has 0 saturated carbocycles. The molecule has 1 aromatic rings. The van der Waals surface area contributed by atoms with Gasteiger partial charge >= 0.3 is 6.03 Å². The molecule has 0 unspecified atom stereocenters. The van der Waals surface area contributed by atoms with Crippen LogP contribution in [-0.4, -0.2) is 13.1 Å². The van der Waals surface area contributed by atoms with Crippen LogP contribution in [0.4, 0.5) is 10.5 Å². The van der Waals surface area contributed by atoms with Crippen LogP contribution >= 0.6 is 11.6 Å². The van der Waals surface area contributed by atoms with Crippen LogP contribution in [-0.2, 0) is 0 Å². The topological polar surface area (TPSA) is 64.3 Å². The molecule has 0 fully saturated rings. The number of primary amides is 1. The van der Waals surface area contributed by atoms with Crippen molar-refractivity contribution in [3.05, 3.63) is 23.2 Å². The van der Waals surface area contributed by atoms with Crippen LogP contribution in [0, 0.1) is 0 Å². The Labute approximate surface area is 80.6 Å². The number of halogens is 1. The highest BCUT2D eigenvalue weighted by Gasteiger charge is 2.02. The summed E-state index contributed by atoms with van der Waals surface area (Å²) < 4.78 is 4.93. The summed E-state index contributed by atoms with van der Waals surface area (Å²) in [5, 5.41) is 2.82. The van der Waals surface area contributed by atoms with Crippen molar-refractivity contribution in [2.75, 3.05) is 12.4 Å². The fourth-order valence-corrected chi connectivity index (χ4v) is 1.14. The molecule has 0 aliphatic carbocycles. The third kappa shape index (κ3) is 2.52. The standard InChI is InChI=1S/C8H9ClN2O2/c1-13-7-3-2-5(4-6(7)9)11-8(10)12/h2-4H,1H3,(H3,10,11,12). The lowest BCUT2D eigenvalue weighted by Gasteiger charge is -2.05. The van der Waals surface area contributed by atoms with Crippen molar-refractivity contribution in [1.82, 2.24) is 0 Å². The molecule has 5 heteroatoms. The number of urea groups is 1. The first kappa shape index (κ1) is 9.67. The summed E-state index contributed by atoms with van der Waals surface area (Å²) in [5.74, 6) is 0.552. The number of carbonyl (C=O) groups excluding carboxylic acids is 1. The number of ether oxygens (including phenoxy) is 1.